The molecule has 0 saturated heterocycles. The fourth-order valence-corrected chi connectivity index (χ4v) is 7.10. The van der Waals surface area contributed by atoms with Crippen LogP contribution in [0.15, 0.2) is 94.7 Å². The third kappa shape index (κ3) is 2.81. The van der Waals surface area contributed by atoms with E-state index >= 15 is 0 Å². The quantitative estimate of drug-likeness (QED) is 0.436. The highest BCUT2D eigenvalue weighted by atomic mass is 32.2. The first-order chi connectivity index (χ1) is 15.2. The van der Waals surface area contributed by atoms with E-state index in [-0.39, 0.29) is 22.2 Å². The van der Waals surface area contributed by atoms with Crippen molar-refractivity contribution in [2.24, 2.45) is 5.92 Å². The fraction of sp³-hybridized carbons (Fsp3) is 0.0714. The van der Waals surface area contributed by atoms with Gasteiger partial charge in [0, 0.05) is 15.4 Å². The molecule has 1 aliphatic carbocycles. The van der Waals surface area contributed by atoms with Gasteiger partial charge in [-0.05, 0) is 62.5 Å². The van der Waals surface area contributed by atoms with E-state index in [0.717, 1.165) is 32.2 Å². The number of carbonyl (C=O) groups excluding carboxylic acids is 1. The number of rotatable bonds is 2. The molecule has 0 amide bonds. The molecule has 2 unspecified atom stereocenters. The van der Waals surface area contributed by atoms with Crippen LogP contribution in [0, 0.1) is 5.92 Å². The number of benzene rings is 4. The Kier molecular flexibility index (Phi) is 4.18. The minimum atomic E-state index is -0.340. The largest absolute Gasteiger partial charge is 0.497 e. The molecular formula is C28H20O2S. The van der Waals surface area contributed by atoms with Gasteiger partial charge in [-0.1, -0.05) is 60.7 Å². The standard InChI is InChI=1S/C28H20O2S/c1-30-21-11-13-22(14-12-21)31-25-15-10-18-6-4-5-9-23(18)27(25)28(29)24-16-19-7-2-3-8-20(19)17-26(24)31/h2-17,24H,1H3. The molecule has 4 aromatic rings. The Balaban J connectivity index is 1.73. The zero-order valence-electron chi connectivity index (χ0n) is 17.0. The molecule has 31 heavy (non-hydrogen) atoms. The van der Waals surface area contributed by atoms with E-state index in [2.05, 4.69) is 66.7 Å². The van der Waals surface area contributed by atoms with Crippen molar-refractivity contribution < 1.29 is 9.53 Å². The van der Waals surface area contributed by atoms with Crippen LogP contribution in [0.1, 0.15) is 10.4 Å². The number of carbonyl (C=O) groups is 1. The lowest BCUT2D eigenvalue weighted by atomic mass is 9.87. The zero-order chi connectivity index (χ0) is 20.9. The van der Waals surface area contributed by atoms with Gasteiger partial charge in [0.2, 0.25) is 0 Å². The maximum Gasteiger partial charge on any atom is 0.176 e. The Morgan fingerprint density at radius 2 is 1.55 bits per heavy atom. The molecule has 2 nitrogen and oxygen atoms in total. The lowest BCUT2D eigenvalue weighted by molar-refractivity contribution is 0.0976. The van der Waals surface area contributed by atoms with Crippen LogP contribution in [-0.4, -0.2) is 17.8 Å². The van der Waals surface area contributed by atoms with Crippen molar-refractivity contribution in [2.45, 2.75) is 9.79 Å². The van der Waals surface area contributed by atoms with Gasteiger partial charge in [0.25, 0.3) is 0 Å². The SMILES string of the molecule is COc1ccc(S2=C3C=c4ccccc4=CC3C(=O)c3c2ccc2ccccc32)cc1. The summed E-state index contributed by atoms with van der Waals surface area (Å²) in [7, 11) is 1.34. The molecule has 1 aliphatic heterocycles. The topological polar surface area (TPSA) is 26.3 Å². The summed E-state index contributed by atoms with van der Waals surface area (Å²) in [5, 5.41) is 4.46. The summed E-state index contributed by atoms with van der Waals surface area (Å²) in [6.07, 6.45) is 4.39. The van der Waals surface area contributed by atoms with Crippen molar-refractivity contribution >= 4 is 44.1 Å². The summed E-state index contributed by atoms with van der Waals surface area (Å²) >= 11 is 0. The number of ketones is 1. The number of Topliss-reactive ketones (excluding diaryl/α,β-unsaturated/α-hetero) is 1. The van der Waals surface area contributed by atoms with Crippen LogP contribution in [0.4, 0.5) is 0 Å². The van der Waals surface area contributed by atoms with Gasteiger partial charge < -0.3 is 4.74 Å². The molecule has 0 bridgehead atoms. The number of fused-ring (bicyclic) bond motifs is 5. The molecular weight excluding hydrogens is 400 g/mol. The Bertz CT molecular complexity index is 1530. The zero-order valence-corrected chi connectivity index (χ0v) is 17.9. The molecule has 0 saturated carbocycles. The molecule has 4 aromatic carbocycles. The summed E-state index contributed by atoms with van der Waals surface area (Å²) < 4.78 is 5.38. The summed E-state index contributed by atoms with van der Waals surface area (Å²) in [6.45, 7) is 0. The molecule has 0 aromatic heterocycles. The van der Waals surface area contributed by atoms with Gasteiger partial charge in [-0.2, -0.15) is 0 Å². The maximum atomic E-state index is 13.9. The molecule has 150 valence electrons. The molecule has 3 heteroatoms. The van der Waals surface area contributed by atoms with Gasteiger partial charge in [-0.15, -0.1) is 10.5 Å². The number of ether oxygens (including phenoxy) is 1. The van der Waals surface area contributed by atoms with Crippen LogP contribution in [0.25, 0.3) is 22.9 Å². The van der Waals surface area contributed by atoms with E-state index < -0.39 is 0 Å². The van der Waals surface area contributed by atoms with Crippen LogP contribution in [0.3, 0.4) is 0 Å². The molecule has 0 spiro atoms. The van der Waals surface area contributed by atoms with Crippen molar-refractivity contribution in [2.75, 3.05) is 7.11 Å². The van der Waals surface area contributed by atoms with Gasteiger partial charge in [0.05, 0.1) is 13.0 Å². The third-order valence-corrected chi connectivity index (χ3v) is 8.48. The lowest BCUT2D eigenvalue weighted by Crippen LogP contribution is -2.37. The number of hydrogen-bond acceptors (Lipinski definition) is 2. The van der Waals surface area contributed by atoms with Gasteiger partial charge in [0.15, 0.2) is 5.78 Å². The minimum absolute atomic E-state index is 0.199. The van der Waals surface area contributed by atoms with Gasteiger partial charge in [-0.25, -0.2) is 0 Å². The molecule has 0 radical (unpaired) electrons. The molecule has 2 atom stereocenters. The smallest absolute Gasteiger partial charge is 0.176 e. The summed E-state index contributed by atoms with van der Waals surface area (Å²) in [4.78, 5) is 17.4. The third-order valence-electron chi connectivity index (χ3n) is 6.12. The number of hydrogen-bond donors (Lipinski definition) is 0. The Morgan fingerprint density at radius 1 is 0.806 bits per heavy atom. The first-order valence-corrected chi connectivity index (χ1v) is 11.6. The van der Waals surface area contributed by atoms with Crippen LogP contribution < -0.4 is 15.2 Å². The first-order valence-electron chi connectivity index (χ1n) is 10.3. The molecule has 6 rings (SSSR count). The summed E-state index contributed by atoms with van der Waals surface area (Å²) in [5.41, 5.74) is 0.870. The lowest BCUT2D eigenvalue weighted by Gasteiger charge is -2.30. The average molecular weight is 421 g/mol. The van der Waals surface area contributed by atoms with E-state index in [1.54, 1.807) is 7.11 Å². The Labute approximate surface area is 183 Å². The van der Waals surface area contributed by atoms with Gasteiger partial charge in [-0.3, -0.25) is 4.79 Å². The highest BCUT2D eigenvalue weighted by molar-refractivity contribution is 8.16. The maximum absolute atomic E-state index is 13.9. The Hall–Kier alpha value is -3.43. The van der Waals surface area contributed by atoms with Gasteiger partial charge in [0.1, 0.15) is 5.75 Å². The molecule has 1 heterocycles. The molecule has 2 aliphatic rings. The first kappa shape index (κ1) is 18.3. The van der Waals surface area contributed by atoms with Crippen LogP contribution in [-0.2, 0) is 0 Å². The van der Waals surface area contributed by atoms with Crippen molar-refractivity contribution in [3.05, 3.63) is 101 Å². The summed E-state index contributed by atoms with van der Waals surface area (Å²) in [5.74, 6) is 0.800. The predicted octanol–water partition coefficient (Wildman–Crippen LogP) is 4.80. The van der Waals surface area contributed by atoms with E-state index in [0.29, 0.717) is 0 Å². The second kappa shape index (κ2) is 7.07. The molecule has 0 fully saturated rings. The van der Waals surface area contributed by atoms with Crippen LogP contribution in [0.2, 0.25) is 0 Å². The molecule has 0 N–H and O–H groups in total. The summed E-state index contributed by atoms with van der Waals surface area (Å²) in [6, 6.07) is 29.1. The monoisotopic (exact) mass is 420 g/mol. The second-order valence-electron chi connectivity index (χ2n) is 7.83. The average Bonchev–Trinajstić information content (AvgIpc) is 2.83. The fourth-order valence-electron chi connectivity index (χ4n) is 4.62. The number of methoxy groups -OCH3 is 1. The minimum Gasteiger partial charge on any atom is -0.497 e. The van der Waals surface area contributed by atoms with Crippen molar-refractivity contribution in [1.82, 2.24) is 0 Å². The highest BCUT2D eigenvalue weighted by Crippen LogP contribution is 2.48. The van der Waals surface area contributed by atoms with Crippen molar-refractivity contribution in [3.63, 3.8) is 0 Å². The normalized spacial score (nSPS) is 19.0. The van der Waals surface area contributed by atoms with Gasteiger partial charge >= 0.3 is 0 Å². The van der Waals surface area contributed by atoms with Crippen molar-refractivity contribution in [1.29, 1.82) is 0 Å². The highest BCUT2D eigenvalue weighted by Gasteiger charge is 2.34. The van der Waals surface area contributed by atoms with Crippen molar-refractivity contribution in [3.8, 4) is 5.75 Å². The van der Waals surface area contributed by atoms with Crippen LogP contribution >= 0.6 is 10.5 Å². The predicted molar refractivity (Wildman–Crippen MR) is 129 cm³/mol. The Morgan fingerprint density at radius 3 is 2.35 bits per heavy atom. The van der Waals surface area contributed by atoms with E-state index in [1.807, 2.05) is 30.3 Å². The van der Waals surface area contributed by atoms with Crippen LogP contribution in [0.5, 0.6) is 5.75 Å². The second-order valence-corrected chi connectivity index (χ2v) is 9.82. The van der Waals surface area contributed by atoms with E-state index in [1.165, 1.54) is 15.0 Å². The van der Waals surface area contributed by atoms with E-state index in [9.17, 15) is 4.79 Å². The van der Waals surface area contributed by atoms with E-state index in [4.69, 9.17) is 4.74 Å².